The van der Waals surface area contributed by atoms with Crippen molar-refractivity contribution in [3.05, 3.63) is 21.9 Å². The summed E-state index contributed by atoms with van der Waals surface area (Å²) < 4.78 is 37.9. The maximum atomic E-state index is 12.6. The van der Waals surface area contributed by atoms with Crippen molar-refractivity contribution in [1.29, 1.82) is 0 Å². The molecule has 0 radical (unpaired) electrons. The Labute approximate surface area is 83.2 Å². The van der Waals surface area contributed by atoms with Crippen molar-refractivity contribution in [1.82, 2.24) is 0 Å². The Kier molecular flexibility index (Phi) is 2.12. The first kappa shape index (κ1) is 9.98. The van der Waals surface area contributed by atoms with Gasteiger partial charge in [0.15, 0.2) is 5.60 Å². The fourth-order valence-corrected chi connectivity index (χ4v) is 2.83. The second-order valence-corrected chi connectivity index (χ2v) is 4.47. The van der Waals surface area contributed by atoms with Crippen LogP contribution in [-0.2, 0) is 12.0 Å². The number of aliphatic hydroxyl groups is 1. The highest BCUT2D eigenvalue weighted by molar-refractivity contribution is 7.10. The molecule has 0 aromatic carbocycles. The van der Waals surface area contributed by atoms with Crippen molar-refractivity contribution in [2.75, 3.05) is 0 Å². The molecule has 2 rings (SSSR count). The summed E-state index contributed by atoms with van der Waals surface area (Å²) in [6.45, 7) is 0. The number of fused-ring (bicyclic) bond motifs is 1. The lowest BCUT2D eigenvalue weighted by Gasteiger charge is -2.34. The second-order valence-electron chi connectivity index (χ2n) is 3.47. The Morgan fingerprint density at radius 2 is 2.14 bits per heavy atom. The van der Waals surface area contributed by atoms with Gasteiger partial charge in [-0.1, -0.05) is 0 Å². The van der Waals surface area contributed by atoms with E-state index in [-0.39, 0.29) is 12.0 Å². The number of aryl methyl sites for hydroxylation is 1. The monoisotopic (exact) mass is 222 g/mol. The number of alkyl halides is 3. The first-order valence-electron chi connectivity index (χ1n) is 4.31. The van der Waals surface area contributed by atoms with Gasteiger partial charge >= 0.3 is 6.18 Å². The highest BCUT2D eigenvalue weighted by Crippen LogP contribution is 2.47. The third-order valence-electron chi connectivity index (χ3n) is 2.60. The molecule has 78 valence electrons. The van der Waals surface area contributed by atoms with Crippen LogP contribution in [0.1, 0.15) is 23.3 Å². The number of thiophene rings is 1. The zero-order valence-electron chi connectivity index (χ0n) is 7.27. The summed E-state index contributed by atoms with van der Waals surface area (Å²) >= 11 is 1.28. The fourth-order valence-electron chi connectivity index (χ4n) is 1.84. The van der Waals surface area contributed by atoms with Gasteiger partial charge in [-0.25, -0.2) is 0 Å². The van der Waals surface area contributed by atoms with Crippen LogP contribution in [0.3, 0.4) is 0 Å². The van der Waals surface area contributed by atoms with Gasteiger partial charge in [-0.05, 0) is 30.7 Å². The molecular formula is C9H9F3OS. The van der Waals surface area contributed by atoms with Crippen molar-refractivity contribution in [2.24, 2.45) is 0 Å². The van der Waals surface area contributed by atoms with Gasteiger partial charge in [0.1, 0.15) is 0 Å². The van der Waals surface area contributed by atoms with E-state index in [1.54, 1.807) is 5.38 Å². The molecule has 0 saturated heterocycles. The van der Waals surface area contributed by atoms with Crippen molar-refractivity contribution in [3.8, 4) is 0 Å². The van der Waals surface area contributed by atoms with Crippen LogP contribution in [0, 0.1) is 0 Å². The van der Waals surface area contributed by atoms with Crippen LogP contribution in [0.5, 0.6) is 0 Å². The average molecular weight is 222 g/mol. The van der Waals surface area contributed by atoms with E-state index in [4.69, 9.17) is 0 Å². The summed E-state index contributed by atoms with van der Waals surface area (Å²) in [5.74, 6) is 0. The van der Waals surface area contributed by atoms with Crippen LogP contribution >= 0.6 is 11.3 Å². The molecule has 1 aliphatic carbocycles. The number of rotatable bonds is 0. The van der Waals surface area contributed by atoms with Crippen LogP contribution < -0.4 is 0 Å². The van der Waals surface area contributed by atoms with Crippen LogP contribution in [0.4, 0.5) is 13.2 Å². The lowest BCUT2D eigenvalue weighted by atomic mass is 9.83. The van der Waals surface area contributed by atoms with Crippen LogP contribution in [0.2, 0.25) is 0 Å². The predicted octanol–water partition coefficient (Wildman–Crippen LogP) is 2.83. The van der Waals surface area contributed by atoms with E-state index in [1.807, 2.05) is 0 Å². The highest BCUT2D eigenvalue weighted by Gasteiger charge is 2.56. The largest absolute Gasteiger partial charge is 0.421 e. The lowest BCUT2D eigenvalue weighted by Crippen LogP contribution is -2.44. The predicted molar refractivity (Wildman–Crippen MR) is 47.2 cm³/mol. The normalized spacial score (nSPS) is 27.4. The molecule has 0 amide bonds. The molecule has 0 saturated carbocycles. The van der Waals surface area contributed by atoms with E-state index in [0.29, 0.717) is 17.7 Å². The van der Waals surface area contributed by atoms with Crippen LogP contribution in [0.25, 0.3) is 0 Å². The Balaban J connectivity index is 2.50. The number of hydrogen-bond acceptors (Lipinski definition) is 2. The molecule has 1 unspecified atom stereocenters. The zero-order chi connectivity index (χ0) is 10.4. The molecule has 0 spiro atoms. The third kappa shape index (κ3) is 1.26. The molecule has 1 aromatic rings. The zero-order valence-corrected chi connectivity index (χ0v) is 8.08. The minimum Gasteiger partial charge on any atom is -0.376 e. The summed E-state index contributed by atoms with van der Waals surface area (Å²) in [5, 5.41) is 11.2. The van der Waals surface area contributed by atoms with Gasteiger partial charge in [-0.3, -0.25) is 0 Å². The summed E-state index contributed by atoms with van der Waals surface area (Å²) in [5.41, 5.74) is -2.55. The summed E-state index contributed by atoms with van der Waals surface area (Å²) in [4.78, 5) is 0.663. The number of hydrogen-bond donors (Lipinski definition) is 1. The first-order chi connectivity index (χ1) is 6.45. The highest BCUT2D eigenvalue weighted by atomic mass is 32.1. The molecule has 5 heteroatoms. The van der Waals surface area contributed by atoms with Gasteiger partial charge in [-0.2, -0.15) is 13.2 Å². The van der Waals surface area contributed by atoms with Gasteiger partial charge in [0.25, 0.3) is 0 Å². The molecule has 0 aliphatic heterocycles. The molecule has 1 nitrogen and oxygen atoms in total. The number of halogens is 3. The molecule has 0 fully saturated rings. The molecule has 1 aliphatic rings. The summed E-state index contributed by atoms with van der Waals surface area (Å²) in [6, 6.07) is 1.38. The summed E-state index contributed by atoms with van der Waals surface area (Å²) in [6.07, 6.45) is -3.75. The Bertz CT molecular complexity index is 344. The molecule has 1 aromatic heterocycles. The van der Waals surface area contributed by atoms with E-state index >= 15 is 0 Å². The fraction of sp³-hybridized carbons (Fsp3) is 0.556. The van der Waals surface area contributed by atoms with E-state index in [1.165, 1.54) is 17.4 Å². The van der Waals surface area contributed by atoms with Crippen LogP contribution in [-0.4, -0.2) is 11.3 Å². The maximum absolute atomic E-state index is 12.6. The topological polar surface area (TPSA) is 20.2 Å². The maximum Gasteiger partial charge on any atom is 0.421 e. The summed E-state index contributed by atoms with van der Waals surface area (Å²) in [7, 11) is 0. The Hall–Kier alpha value is -0.550. The van der Waals surface area contributed by atoms with Crippen molar-refractivity contribution >= 4 is 11.3 Å². The SMILES string of the molecule is OC1(C(F)(F)F)CCCc2sccc21. The second kappa shape index (κ2) is 2.97. The molecule has 1 N–H and O–H groups in total. The van der Waals surface area contributed by atoms with Crippen molar-refractivity contribution in [3.63, 3.8) is 0 Å². The smallest absolute Gasteiger partial charge is 0.376 e. The van der Waals surface area contributed by atoms with Crippen LogP contribution in [0.15, 0.2) is 11.4 Å². The minimum atomic E-state index is -4.57. The van der Waals surface area contributed by atoms with E-state index in [0.717, 1.165) is 0 Å². The lowest BCUT2D eigenvalue weighted by molar-refractivity contribution is -0.271. The molecule has 1 heterocycles. The third-order valence-corrected chi connectivity index (χ3v) is 3.58. The molecular weight excluding hydrogens is 213 g/mol. The van der Waals surface area contributed by atoms with E-state index < -0.39 is 11.8 Å². The Morgan fingerprint density at radius 3 is 2.79 bits per heavy atom. The van der Waals surface area contributed by atoms with E-state index in [2.05, 4.69) is 0 Å². The molecule has 14 heavy (non-hydrogen) atoms. The quantitative estimate of drug-likeness (QED) is 0.715. The first-order valence-corrected chi connectivity index (χ1v) is 5.19. The average Bonchev–Trinajstić information content (AvgIpc) is 2.51. The van der Waals surface area contributed by atoms with Gasteiger partial charge in [0, 0.05) is 10.4 Å². The van der Waals surface area contributed by atoms with Gasteiger partial charge < -0.3 is 5.11 Å². The van der Waals surface area contributed by atoms with Crippen molar-refractivity contribution in [2.45, 2.75) is 31.0 Å². The standard InChI is InChI=1S/C9H9F3OS/c10-9(11,12)8(13)4-1-2-7-6(8)3-5-14-7/h3,5,13H,1-2,4H2. The Morgan fingerprint density at radius 1 is 1.43 bits per heavy atom. The minimum absolute atomic E-state index is 0.0567. The van der Waals surface area contributed by atoms with Gasteiger partial charge in [0.05, 0.1) is 0 Å². The van der Waals surface area contributed by atoms with Gasteiger partial charge in [-0.15, -0.1) is 11.3 Å². The molecule has 0 bridgehead atoms. The van der Waals surface area contributed by atoms with Gasteiger partial charge in [0.2, 0.25) is 0 Å². The molecule has 1 atom stereocenters. The van der Waals surface area contributed by atoms with Crippen molar-refractivity contribution < 1.29 is 18.3 Å². The van der Waals surface area contributed by atoms with E-state index in [9.17, 15) is 18.3 Å².